The molecule has 0 spiro atoms. The number of carbonyl (C=O) groups is 2. The van der Waals surface area contributed by atoms with Crippen LogP contribution < -0.4 is 10.1 Å². The number of halogens is 2. The summed E-state index contributed by atoms with van der Waals surface area (Å²) in [5, 5.41) is 3.00. The Morgan fingerprint density at radius 2 is 1.75 bits per heavy atom. The summed E-state index contributed by atoms with van der Waals surface area (Å²) in [4.78, 5) is 28.4. The lowest BCUT2D eigenvalue weighted by molar-refractivity contribution is -0.143. The fourth-order valence-corrected chi connectivity index (χ4v) is 3.99. The van der Waals surface area contributed by atoms with E-state index in [0.29, 0.717) is 17.7 Å². The fourth-order valence-electron chi connectivity index (χ4n) is 3.74. The number of amides is 2. The summed E-state index contributed by atoms with van der Waals surface area (Å²) in [6, 6.07) is 20.3. The molecule has 0 fully saturated rings. The molecule has 2 unspecified atom stereocenters. The molecule has 0 aliphatic rings. The Balaban J connectivity index is 1.92. The Hall–Kier alpha value is -3.19. The van der Waals surface area contributed by atoms with Gasteiger partial charge in [-0.1, -0.05) is 71.4 Å². The van der Waals surface area contributed by atoms with Crippen molar-refractivity contribution in [2.45, 2.75) is 52.2 Å². The van der Waals surface area contributed by atoms with E-state index in [2.05, 4.69) is 21.2 Å². The van der Waals surface area contributed by atoms with Gasteiger partial charge in [0, 0.05) is 29.0 Å². The van der Waals surface area contributed by atoms with Crippen molar-refractivity contribution in [2.24, 2.45) is 0 Å². The second-order valence-electron chi connectivity index (χ2n) is 8.84. The average molecular weight is 555 g/mol. The van der Waals surface area contributed by atoms with Gasteiger partial charge >= 0.3 is 0 Å². The Bertz CT molecular complexity index is 1170. The minimum absolute atomic E-state index is 0.0559. The minimum atomic E-state index is -0.844. The monoisotopic (exact) mass is 554 g/mol. The smallest absolute Gasteiger partial charge is 0.261 e. The zero-order valence-corrected chi connectivity index (χ0v) is 22.4. The summed E-state index contributed by atoms with van der Waals surface area (Å²) >= 11 is 3.46. The van der Waals surface area contributed by atoms with Gasteiger partial charge in [-0.25, -0.2) is 4.39 Å². The van der Waals surface area contributed by atoms with Gasteiger partial charge in [0.15, 0.2) is 6.61 Å². The third-order valence-electron chi connectivity index (χ3n) is 6.06. The van der Waals surface area contributed by atoms with E-state index in [1.165, 1.54) is 11.0 Å². The van der Waals surface area contributed by atoms with Crippen LogP contribution in [0, 0.1) is 12.7 Å². The van der Waals surface area contributed by atoms with Crippen molar-refractivity contribution >= 4 is 27.7 Å². The van der Waals surface area contributed by atoms with E-state index >= 15 is 0 Å². The number of rotatable bonds is 11. The lowest BCUT2D eigenvalue weighted by Gasteiger charge is -2.32. The first-order valence-corrected chi connectivity index (χ1v) is 12.8. The standard InChI is InChI=1S/C29H32BrFN2O3/c1-4-21(3)32-29(35)27(17-22-10-6-5-7-11-22)33(18-23-12-8-9-13-26(23)31)28(34)19-36-24-14-15-25(30)20(2)16-24/h5-16,21,27H,4,17-19H2,1-3H3,(H,32,35). The van der Waals surface area contributed by atoms with Crippen LogP contribution in [0.5, 0.6) is 5.75 Å². The molecule has 3 aromatic carbocycles. The van der Waals surface area contributed by atoms with E-state index in [-0.39, 0.29) is 25.1 Å². The van der Waals surface area contributed by atoms with Crippen LogP contribution >= 0.6 is 15.9 Å². The van der Waals surface area contributed by atoms with Crippen LogP contribution in [0.4, 0.5) is 4.39 Å². The molecular weight excluding hydrogens is 523 g/mol. The normalized spacial score (nSPS) is 12.5. The third-order valence-corrected chi connectivity index (χ3v) is 6.95. The third kappa shape index (κ3) is 7.65. The van der Waals surface area contributed by atoms with E-state index in [0.717, 1.165) is 22.0 Å². The van der Waals surface area contributed by atoms with Gasteiger partial charge in [0.2, 0.25) is 5.91 Å². The maximum atomic E-state index is 14.6. The molecule has 36 heavy (non-hydrogen) atoms. The van der Waals surface area contributed by atoms with Gasteiger partial charge in [0.1, 0.15) is 17.6 Å². The van der Waals surface area contributed by atoms with Gasteiger partial charge in [0.25, 0.3) is 5.91 Å². The fraction of sp³-hybridized carbons (Fsp3) is 0.310. The Kier molecular flexibility index (Phi) is 10.1. The van der Waals surface area contributed by atoms with E-state index in [4.69, 9.17) is 4.74 Å². The average Bonchev–Trinajstić information content (AvgIpc) is 2.88. The number of nitrogens with zero attached hydrogens (tertiary/aromatic N) is 1. The SMILES string of the molecule is CCC(C)NC(=O)C(Cc1ccccc1)N(Cc1ccccc1F)C(=O)COc1ccc(Br)c(C)c1. The minimum Gasteiger partial charge on any atom is -0.484 e. The van der Waals surface area contributed by atoms with Crippen LogP contribution in [-0.2, 0) is 22.6 Å². The maximum Gasteiger partial charge on any atom is 0.261 e. The topological polar surface area (TPSA) is 58.6 Å². The molecule has 0 saturated heterocycles. The molecule has 190 valence electrons. The molecule has 0 radical (unpaired) electrons. The summed E-state index contributed by atoms with van der Waals surface area (Å²) in [6.07, 6.45) is 1.04. The van der Waals surface area contributed by atoms with Crippen LogP contribution in [0.1, 0.15) is 37.0 Å². The van der Waals surface area contributed by atoms with Crippen molar-refractivity contribution in [3.63, 3.8) is 0 Å². The molecule has 0 bridgehead atoms. The molecule has 2 amide bonds. The van der Waals surface area contributed by atoms with E-state index in [9.17, 15) is 14.0 Å². The van der Waals surface area contributed by atoms with Gasteiger partial charge in [-0.05, 0) is 55.7 Å². The second kappa shape index (κ2) is 13.2. The van der Waals surface area contributed by atoms with Gasteiger partial charge in [0.05, 0.1) is 0 Å². The highest BCUT2D eigenvalue weighted by Crippen LogP contribution is 2.22. The van der Waals surface area contributed by atoms with Crippen LogP contribution in [0.25, 0.3) is 0 Å². The molecule has 0 saturated carbocycles. The molecule has 0 aliphatic carbocycles. The Labute approximate surface area is 220 Å². The highest BCUT2D eigenvalue weighted by atomic mass is 79.9. The highest BCUT2D eigenvalue weighted by Gasteiger charge is 2.31. The predicted octanol–water partition coefficient (Wildman–Crippen LogP) is 5.83. The van der Waals surface area contributed by atoms with Crippen LogP contribution in [0.3, 0.4) is 0 Å². The molecule has 3 rings (SSSR count). The summed E-state index contributed by atoms with van der Waals surface area (Å²) in [6.45, 7) is 5.49. The first kappa shape index (κ1) is 27.4. The second-order valence-corrected chi connectivity index (χ2v) is 9.69. The molecule has 0 aromatic heterocycles. The van der Waals surface area contributed by atoms with Crippen molar-refractivity contribution in [1.82, 2.24) is 10.2 Å². The number of benzene rings is 3. The largest absolute Gasteiger partial charge is 0.484 e. The highest BCUT2D eigenvalue weighted by molar-refractivity contribution is 9.10. The molecule has 2 atom stereocenters. The van der Waals surface area contributed by atoms with Crippen molar-refractivity contribution in [3.05, 3.63) is 99.8 Å². The molecule has 0 heterocycles. The summed E-state index contributed by atoms with van der Waals surface area (Å²) in [5.41, 5.74) is 2.20. The summed E-state index contributed by atoms with van der Waals surface area (Å²) in [7, 11) is 0. The van der Waals surface area contributed by atoms with Crippen LogP contribution in [0.15, 0.2) is 77.3 Å². The zero-order chi connectivity index (χ0) is 26.1. The molecule has 5 nitrogen and oxygen atoms in total. The lowest BCUT2D eigenvalue weighted by Crippen LogP contribution is -2.53. The number of nitrogens with one attached hydrogen (secondary N) is 1. The van der Waals surface area contributed by atoms with Gasteiger partial charge in [-0.2, -0.15) is 0 Å². The number of hydrogen-bond acceptors (Lipinski definition) is 3. The molecular formula is C29H32BrFN2O3. The number of hydrogen-bond donors (Lipinski definition) is 1. The number of carbonyl (C=O) groups excluding carboxylic acids is 2. The van der Waals surface area contributed by atoms with Crippen LogP contribution in [0.2, 0.25) is 0 Å². The summed E-state index contributed by atoms with van der Waals surface area (Å²) < 4.78 is 21.4. The van der Waals surface area contributed by atoms with Crippen molar-refractivity contribution < 1.29 is 18.7 Å². The maximum absolute atomic E-state index is 14.6. The zero-order valence-electron chi connectivity index (χ0n) is 20.8. The molecule has 7 heteroatoms. The van der Waals surface area contributed by atoms with E-state index in [1.54, 1.807) is 24.3 Å². The first-order chi connectivity index (χ1) is 17.3. The van der Waals surface area contributed by atoms with Crippen molar-refractivity contribution in [2.75, 3.05) is 6.61 Å². The molecule has 1 N–H and O–H groups in total. The lowest BCUT2D eigenvalue weighted by atomic mass is 10.0. The summed E-state index contributed by atoms with van der Waals surface area (Å²) in [5.74, 6) is -0.574. The Morgan fingerprint density at radius 1 is 1.06 bits per heavy atom. The van der Waals surface area contributed by atoms with Crippen molar-refractivity contribution in [1.29, 1.82) is 0 Å². The molecule has 0 aliphatic heterocycles. The van der Waals surface area contributed by atoms with Gasteiger partial charge < -0.3 is 15.0 Å². The Morgan fingerprint density at radius 3 is 2.42 bits per heavy atom. The van der Waals surface area contributed by atoms with Gasteiger partial charge in [-0.15, -0.1) is 0 Å². The number of aryl methyl sites for hydroxylation is 1. The number of ether oxygens (including phenoxy) is 1. The van der Waals surface area contributed by atoms with Crippen LogP contribution in [-0.4, -0.2) is 35.4 Å². The van der Waals surface area contributed by atoms with Crippen molar-refractivity contribution in [3.8, 4) is 5.75 Å². The van der Waals surface area contributed by atoms with E-state index in [1.807, 2.05) is 63.2 Å². The predicted molar refractivity (Wildman–Crippen MR) is 143 cm³/mol. The van der Waals surface area contributed by atoms with E-state index < -0.39 is 17.8 Å². The molecule has 3 aromatic rings. The quantitative estimate of drug-likeness (QED) is 0.324. The van der Waals surface area contributed by atoms with Gasteiger partial charge in [-0.3, -0.25) is 9.59 Å². The first-order valence-electron chi connectivity index (χ1n) is 12.0.